The first-order valence-electron chi connectivity index (χ1n) is 11.2. The molecule has 4 aromatic rings. The molecule has 0 unspecified atom stereocenters. The van der Waals surface area contributed by atoms with Gasteiger partial charge < -0.3 is 23.9 Å². The van der Waals surface area contributed by atoms with Crippen molar-refractivity contribution in [3.63, 3.8) is 0 Å². The number of carbonyl (C=O) groups is 1. The van der Waals surface area contributed by atoms with Crippen molar-refractivity contribution in [2.75, 3.05) is 26.6 Å². The van der Waals surface area contributed by atoms with Crippen molar-refractivity contribution in [2.24, 2.45) is 0 Å². The average molecular weight is 506 g/mol. The molecule has 3 aromatic carbocycles. The molecule has 0 aliphatic rings. The van der Waals surface area contributed by atoms with Crippen molar-refractivity contribution in [1.82, 2.24) is 10.2 Å². The number of hydrogen-bond donors (Lipinski definition) is 1. The third kappa shape index (κ3) is 5.63. The molecule has 0 bridgehead atoms. The van der Waals surface area contributed by atoms with E-state index in [0.29, 0.717) is 22.8 Å². The van der Waals surface area contributed by atoms with Gasteiger partial charge in [0.1, 0.15) is 5.25 Å². The number of nitrogens with zero attached hydrogens (tertiary/aromatic N) is 2. The highest BCUT2D eigenvalue weighted by molar-refractivity contribution is 8.00. The Bertz CT molecular complexity index is 1310. The maximum atomic E-state index is 13.4. The largest absolute Gasteiger partial charge is 0.493 e. The van der Waals surface area contributed by atoms with Gasteiger partial charge in [0.05, 0.1) is 21.3 Å². The van der Waals surface area contributed by atoms with E-state index in [0.717, 1.165) is 22.4 Å². The van der Waals surface area contributed by atoms with Gasteiger partial charge >= 0.3 is 0 Å². The maximum absolute atomic E-state index is 13.4. The minimum absolute atomic E-state index is 0.191. The molecule has 1 amide bonds. The van der Waals surface area contributed by atoms with Crippen LogP contribution < -0.4 is 19.5 Å². The van der Waals surface area contributed by atoms with Crippen LogP contribution in [0.4, 0.5) is 5.69 Å². The summed E-state index contributed by atoms with van der Waals surface area (Å²) < 4.78 is 22.2. The Morgan fingerprint density at radius 1 is 0.889 bits per heavy atom. The van der Waals surface area contributed by atoms with Gasteiger partial charge in [0.25, 0.3) is 5.22 Å². The first kappa shape index (κ1) is 25.1. The number of methoxy groups -OCH3 is 3. The average Bonchev–Trinajstić information content (AvgIpc) is 3.35. The normalized spacial score (nSPS) is 11.6. The zero-order chi connectivity index (χ0) is 25.7. The lowest BCUT2D eigenvalue weighted by molar-refractivity contribution is -0.115. The fourth-order valence-electron chi connectivity index (χ4n) is 3.83. The molecule has 0 aliphatic carbocycles. The molecule has 1 heterocycles. The fourth-order valence-corrected chi connectivity index (χ4v) is 4.71. The SMILES string of the molecule is COc1cc(-c2nnc(S[C@H](C(=O)Nc3cc(C)cc(C)c3)c3ccccc3)o2)cc(OC)c1OC. The summed E-state index contributed by atoms with van der Waals surface area (Å²) >= 11 is 1.18. The molecule has 0 aliphatic heterocycles. The minimum atomic E-state index is -0.611. The number of carbonyl (C=O) groups excluding carboxylic acids is 1. The van der Waals surface area contributed by atoms with Gasteiger partial charge in [-0.1, -0.05) is 36.4 Å². The lowest BCUT2D eigenvalue weighted by atomic mass is 10.1. The number of aromatic nitrogens is 2. The summed E-state index contributed by atoms with van der Waals surface area (Å²) in [4.78, 5) is 13.4. The Morgan fingerprint density at radius 3 is 2.11 bits per heavy atom. The summed E-state index contributed by atoms with van der Waals surface area (Å²) in [7, 11) is 4.61. The molecule has 0 saturated heterocycles. The van der Waals surface area contributed by atoms with E-state index < -0.39 is 5.25 Å². The quantitative estimate of drug-likeness (QED) is 0.283. The Hall–Kier alpha value is -3.98. The zero-order valence-corrected chi connectivity index (χ0v) is 21.5. The molecule has 0 saturated carbocycles. The molecule has 0 radical (unpaired) electrons. The molecule has 1 aromatic heterocycles. The van der Waals surface area contributed by atoms with Gasteiger partial charge in [0, 0.05) is 11.3 Å². The van der Waals surface area contributed by atoms with Crippen molar-refractivity contribution in [3.05, 3.63) is 77.4 Å². The van der Waals surface area contributed by atoms with Gasteiger partial charge in [-0.3, -0.25) is 4.79 Å². The van der Waals surface area contributed by atoms with Crippen molar-refractivity contribution in [1.29, 1.82) is 0 Å². The molecule has 186 valence electrons. The smallest absolute Gasteiger partial charge is 0.277 e. The van der Waals surface area contributed by atoms with Crippen LogP contribution in [-0.2, 0) is 4.79 Å². The number of ether oxygens (including phenoxy) is 3. The number of anilines is 1. The van der Waals surface area contributed by atoms with Gasteiger partial charge in [0.15, 0.2) is 11.5 Å². The van der Waals surface area contributed by atoms with Crippen molar-refractivity contribution in [2.45, 2.75) is 24.3 Å². The van der Waals surface area contributed by atoms with Crippen molar-refractivity contribution < 1.29 is 23.4 Å². The molecule has 4 rings (SSSR count). The van der Waals surface area contributed by atoms with Gasteiger partial charge in [-0.2, -0.15) is 0 Å². The number of nitrogens with one attached hydrogen (secondary N) is 1. The lowest BCUT2D eigenvalue weighted by Gasteiger charge is -2.16. The Kier molecular flexibility index (Phi) is 7.80. The van der Waals surface area contributed by atoms with Gasteiger partial charge in [0.2, 0.25) is 17.5 Å². The topological polar surface area (TPSA) is 95.7 Å². The summed E-state index contributed by atoms with van der Waals surface area (Å²) in [5.41, 5.74) is 4.29. The summed E-state index contributed by atoms with van der Waals surface area (Å²) in [5, 5.41) is 11.0. The van der Waals surface area contributed by atoms with E-state index >= 15 is 0 Å². The highest BCUT2D eigenvalue weighted by Gasteiger charge is 2.26. The fraction of sp³-hybridized carbons (Fsp3) is 0.222. The van der Waals surface area contributed by atoms with Gasteiger partial charge in [-0.05, 0) is 66.6 Å². The highest BCUT2D eigenvalue weighted by Crippen LogP contribution is 2.42. The summed E-state index contributed by atoms with van der Waals surface area (Å²) in [5.74, 6) is 1.47. The van der Waals surface area contributed by atoms with E-state index in [4.69, 9.17) is 18.6 Å². The molecule has 36 heavy (non-hydrogen) atoms. The molecule has 0 spiro atoms. The number of thioether (sulfide) groups is 1. The molecular weight excluding hydrogens is 478 g/mol. The van der Waals surface area contributed by atoms with E-state index in [9.17, 15) is 4.79 Å². The molecule has 0 fully saturated rings. The van der Waals surface area contributed by atoms with Crippen LogP contribution in [0.5, 0.6) is 17.2 Å². The number of rotatable bonds is 9. The predicted octanol–water partition coefficient (Wildman–Crippen LogP) is 5.85. The van der Waals surface area contributed by atoms with Crippen LogP contribution in [0.15, 0.2) is 70.3 Å². The van der Waals surface area contributed by atoms with Crippen LogP contribution >= 0.6 is 11.8 Å². The predicted molar refractivity (Wildman–Crippen MR) is 139 cm³/mol. The molecule has 1 N–H and O–H groups in total. The van der Waals surface area contributed by atoms with Crippen LogP contribution in [0.2, 0.25) is 0 Å². The van der Waals surface area contributed by atoms with Crippen LogP contribution in [-0.4, -0.2) is 37.4 Å². The minimum Gasteiger partial charge on any atom is -0.493 e. The Labute approximate surface area is 214 Å². The number of benzene rings is 3. The van der Waals surface area contributed by atoms with Gasteiger partial charge in [-0.25, -0.2) is 0 Å². The first-order chi connectivity index (χ1) is 17.4. The second-order valence-electron chi connectivity index (χ2n) is 8.06. The van der Waals surface area contributed by atoms with Crippen LogP contribution in [0.1, 0.15) is 21.9 Å². The summed E-state index contributed by atoms with van der Waals surface area (Å²) in [6, 6.07) is 18.9. The number of aryl methyl sites for hydroxylation is 2. The van der Waals surface area contributed by atoms with Gasteiger partial charge in [-0.15, -0.1) is 10.2 Å². The molecule has 9 heteroatoms. The van der Waals surface area contributed by atoms with Crippen molar-refractivity contribution >= 4 is 23.4 Å². The lowest BCUT2D eigenvalue weighted by Crippen LogP contribution is -2.19. The maximum Gasteiger partial charge on any atom is 0.277 e. The second-order valence-corrected chi connectivity index (χ2v) is 9.12. The van der Waals surface area contributed by atoms with Crippen LogP contribution in [0.3, 0.4) is 0 Å². The Balaban J connectivity index is 1.63. The third-order valence-corrected chi connectivity index (χ3v) is 6.46. The first-order valence-corrected chi connectivity index (χ1v) is 12.0. The van der Waals surface area contributed by atoms with E-state index in [-0.39, 0.29) is 17.0 Å². The van der Waals surface area contributed by atoms with E-state index in [2.05, 4.69) is 21.6 Å². The van der Waals surface area contributed by atoms with E-state index in [1.807, 2.05) is 56.3 Å². The van der Waals surface area contributed by atoms with Crippen LogP contribution in [0.25, 0.3) is 11.5 Å². The standard InChI is InChI=1S/C27H27N3O5S/c1-16-11-17(2)13-20(12-16)28-25(31)24(18-9-7-6-8-10-18)36-27-30-29-26(35-27)19-14-21(32-3)23(34-5)22(15-19)33-4/h6-15,24H,1-5H3,(H,28,31)/t24-/m0/s1. The monoisotopic (exact) mass is 505 g/mol. The van der Waals surface area contributed by atoms with E-state index in [1.54, 1.807) is 12.1 Å². The van der Waals surface area contributed by atoms with Crippen LogP contribution in [0, 0.1) is 13.8 Å². The van der Waals surface area contributed by atoms with E-state index in [1.165, 1.54) is 33.1 Å². The third-order valence-electron chi connectivity index (χ3n) is 5.37. The molecule has 8 nitrogen and oxygen atoms in total. The summed E-state index contributed by atoms with van der Waals surface area (Å²) in [6.45, 7) is 3.99. The zero-order valence-electron chi connectivity index (χ0n) is 20.7. The second kappa shape index (κ2) is 11.2. The highest BCUT2D eigenvalue weighted by atomic mass is 32.2. The number of hydrogen-bond acceptors (Lipinski definition) is 8. The molecular formula is C27H27N3O5S. The van der Waals surface area contributed by atoms with Crippen molar-refractivity contribution in [3.8, 4) is 28.7 Å². The number of amides is 1. The summed E-state index contributed by atoms with van der Waals surface area (Å²) in [6.07, 6.45) is 0. The molecule has 1 atom stereocenters. The Morgan fingerprint density at radius 2 is 1.53 bits per heavy atom.